The smallest absolute Gasteiger partial charge is 0.261 e. The third kappa shape index (κ3) is 7.02. The van der Waals surface area contributed by atoms with Gasteiger partial charge in [0.1, 0.15) is 5.01 Å². The van der Waals surface area contributed by atoms with Gasteiger partial charge in [-0.2, -0.15) is 0 Å². The van der Waals surface area contributed by atoms with Crippen LogP contribution in [0.5, 0.6) is 0 Å². The van der Waals surface area contributed by atoms with Crippen LogP contribution in [0.15, 0.2) is 60.7 Å². The molecule has 1 amide bonds. The van der Waals surface area contributed by atoms with Crippen LogP contribution >= 0.6 is 11.3 Å². The summed E-state index contributed by atoms with van der Waals surface area (Å²) >= 11 is 1.43. The first-order chi connectivity index (χ1) is 19.8. The molecule has 1 aliphatic rings. The molecule has 42 heavy (non-hydrogen) atoms. The zero-order valence-electron chi connectivity index (χ0n) is 26.6. The minimum absolute atomic E-state index is 0.0823. The van der Waals surface area contributed by atoms with E-state index in [1.54, 1.807) is 0 Å². The number of ether oxygens (including phenoxy) is 1. The van der Waals surface area contributed by atoms with Crippen molar-refractivity contribution in [3.63, 3.8) is 0 Å². The molecule has 1 saturated heterocycles. The van der Waals surface area contributed by atoms with Crippen LogP contribution in [0.3, 0.4) is 0 Å². The number of hydrogen-bond acceptors (Lipinski definition) is 7. The van der Waals surface area contributed by atoms with E-state index in [-0.39, 0.29) is 10.9 Å². The number of carbonyl (C=O) groups is 1. The van der Waals surface area contributed by atoms with E-state index in [2.05, 4.69) is 116 Å². The highest BCUT2D eigenvalue weighted by molar-refractivity contribution is 7.15. The van der Waals surface area contributed by atoms with Gasteiger partial charge in [-0.3, -0.25) is 15.0 Å². The number of aromatic nitrogens is 2. The van der Waals surface area contributed by atoms with Crippen LogP contribution in [0, 0.1) is 5.92 Å². The Morgan fingerprint density at radius 1 is 0.952 bits per heavy atom. The molecule has 1 N–H and O–H groups in total. The standard InChI is InChI=1S/C33H48N4O3SSi/c1-31(2,3)42(26-15-11-9-12-16-26,27-17-13-10-14-18-27)40-24-32(4,5)29-35-36-30(41-29)34-28(38)33(6,7)37(8)23-25-19-21-39-22-20-25/h9-18,25H,19-24H2,1-8H3,(H,34,36,38). The molecule has 0 saturated carbocycles. The van der Waals surface area contributed by atoms with Crippen molar-refractivity contribution in [2.24, 2.45) is 5.92 Å². The summed E-state index contributed by atoms with van der Waals surface area (Å²) in [4.78, 5) is 15.5. The molecule has 0 unspecified atom stereocenters. The second-order valence-electron chi connectivity index (χ2n) is 13.7. The lowest BCUT2D eigenvalue weighted by Crippen LogP contribution is -2.67. The average molecular weight is 609 g/mol. The van der Waals surface area contributed by atoms with Gasteiger partial charge in [-0.15, -0.1) is 10.2 Å². The van der Waals surface area contributed by atoms with Crippen molar-refractivity contribution >= 4 is 41.1 Å². The molecule has 0 bridgehead atoms. The lowest BCUT2D eigenvalue weighted by atomic mass is 9.95. The zero-order valence-corrected chi connectivity index (χ0v) is 28.4. The quantitative estimate of drug-likeness (QED) is 0.291. The van der Waals surface area contributed by atoms with Crippen LogP contribution in [-0.2, 0) is 19.4 Å². The van der Waals surface area contributed by atoms with Gasteiger partial charge in [0.25, 0.3) is 8.32 Å². The SMILES string of the molecule is CN(CC1CCOCC1)C(C)(C)C(=O)Nc1nnc(C(C)(C)CO[Si](c2ccccc2)(c2ccccc2)C(C)(C)C)s1. The van der Waals surface area contributed by atoms with Crippen LogP contribution in [0.1, 0.15) is 66.3 Å². The Hall–Kier alpha value is -2.43. The number of anilines is 1. The molecule has 1 fully saturated rings. The molecule has 3 aromatic rings. The summed E-state index contributed by atoms with van der Waals surface area (Å²) in [7, 11) is -0.675. The van der Waals surface area contributed by atoms with Crippen LogP contribution in [0.2, 0.25) is 5.04 Å². The highest BCUT2D eigenvalue weighted by atomic mass is 32.1. The monoisotopic (exact) mass is 608 g/mol. The van der Waals surface area contributed by atoms with E-state index in [1.807, 2.05) is 20.9 Å². The number of nitrogens with one attached hydrogen (secondary N) is 1. The minimum Gasteiger partial charge on any atom is -0.406 e. The largest absolute Gasteiger partial charge is 0.406 e. The third-order valence-corrected chi connectivity index (χ3v) is 14.9. The second-order valence-corrected chi connectivity index (χ2v) is 19.0. The second kappa shape index (κ2) is 13.1. The van der Waals surface area contributed by atoms with E-state index in [0.29, 0.717) is 17.7 Å². The van der Waals surface area contributed by atoms with Crippen LogP contribution < -0.4 is 15.7 Å². The summed E-state index contributed by atoms with van der Waals surface area (Å²) in [6, 6.07) is 21.3. The normalized spacial score (nSPS) is 15.6. The molecular formula is C33H48N4O3SSi. The van der Waals surface area contributed by atoms with E-state index in [9.17, 15) is 4.79 Å². The molecule has 2 heterocycles. The van der Waals surface area contributed by atoms with Gasteiger partial charge in [0, 0.05) is 31.8 Å². The van der Waals surface area contributed by atoms with Crippen molar-refractivity contribution in [1.82, 2.24) is 15.1 Å². The number of nitrogens with zero attached hydrogens (tertiary/aromatic N) is 3. The molecule has 7 nitrogen and oxygen atoms in total. The van der Waals surface area contributed by atoms with Crippen LogP contribution in [0.25, 0.3) is 0 Å². The fourth-order valence-electron chi connectivity index (χ4n) is 5.63. The Kier molecular flexibility index (Phi) is 10.1. The number of benzene rings is 2. The van der Waals surface area contributed by atoms with E-state index in [1.165, 1.54) is 21.7 Å². The van der Waals surface area contributed by atoms with Crippen LogP contribution in [0.4, 0.5) is 5.13 Å². The molecule has 1 aromatic heterocycles. The summed E-state index contributed by atoms with van der Waals surface area (Å²) in [5.74, 6) is 0.460. The predicted octanol–water partition coefficient (Wildman–Crippen LogP) is 5.47. The maximum atomic E-state index is 13.4. The topological polar surface area (TPSA) is 76.6 Å². The molecule has 0 spiro atoms. The summed E-state index contributed by atoms with van der Waals surface area (Å²) in [6.45, 7) is 18.0. The highest BCUT2D eigenvalue weighted by Gasteiger charge is 2.51. The number of amides is 1. The van der Waals surface area contributed by atoms with Gasteiger partial charge in [-0.25, -0.2) is 0 Å². The molecule has 2 aromatic carbocycles. The number of rotatable bonds is 11. The Bertz CT molecular complexity index is 1260. The number of likely N-dealkylation sites (N-methyl/N-ethyl adjacent to an activating group) is 1. The molecule has 0 atom stereocenters. The first-order valence-electron chi connectivity index (χ1n) is 15.0. The summed E-state index contributed by atoms with van der Waals surface area (Å²) < 4.78 is 12.7. The van der Waals surface area contributed by atoms with Gasteiger partial charge in [-0.1, -0.05) is 107 Å². The molecule has 228 valence electrons. The summed E-state index contributed by atoms with van der Waals surface area (Å²) in [5, 5.41) is 15.7. The number of hydrogen-bond donors (Lipinski definition) is 1. The predicted molar refractivity (Wildman–Crippen MR) is 175 cm³/mol. The van der Waals surface area contributed by atoms with Gasteiger partial charge in [-0.05, 0) is 55.1 Å². The first-order valence-corrected chi connectivity index (χ1v) is 17.7. The van der Waals surface area contributed by atoms with Crippen molar-refractivity contribution in [1.29, 1.82) is 0 Å². The van der Waals surface area contributed by atoms with Crippen molar-refractivity contribution in [3.8, 4) is 0 Å². The lowest BCUT2D eigenvalue weighted by molar-refractivity contribution is -0.126. The van der Waals surface area contributed by atoms with Crippen LogP contribution in [-0.4, -0.2) is 68.3 Å². The summed E-state index contributed by atoms with van der Waals surface area (Å²) in [6.07, 6.45) is 2.07. The fourth-order valence-corrected chi connectivity index (χ4v) is 11.2. The Labute approximate surface area is 257 Å². The fraction of sp³-hybridized carbons (Fsp3) is 0.545. The Balaban J connectivity index is 1.51. The van der Waals surface area contributed by atoms with Gasteiger partial charge in [0.15, 0.2) is 0 Å². The molecular weight excluding hydrogens is 561 g/mol. The van der Waals surface area contributed by atoms with E-state index >= 15 is 0 Å². The lowest BCUT2D eigenvalue weighted by Gasteiger charge is -2.44. The van der Waals surface area contributed by atoms with Gasteiger partial charge in [0.2, 0.25) is 11.0 Å². The highest BCUT2D eigenvalue weighted by Crippen LogP contribution is 2.39. The van der Waals surface area contributed by atoms with E-state index in [0.717, 1.165) is 37.6 Å². The zero-order chi connectivity index (χ0) is 30.6. The molecule has 0 radical (unpaired) electrons. The Morgan fingerprint density at radius 2 is 1.50 bits per heavy atom. The Morgan fingerprint density at radius 3 is 2.02 bits per heavy atom. The van der Waals surface area contributed by atoms with Crippen molar-refractivity contribution in [2.75, 3.05) is 38.7 Å². The van der Waals surface area contributed by atoms with Gasteiger partial charge >= 0.3 is 0 Å². The minimum atomic E-state index is -2.69. The van der Waals surface area contributed by atoms with Crippen molar-refractivity contribution < 1.29 is 14.0 Å². The maximum absolute atomic E-state index is 13.4. The molecule has 4 rings (SSSR count). The van der Waals surface area contributed by atoms with Crippen molar-refractivity contribution in [3.05, 3.63) is 65.7 Å². The summed E-state index contributed by atoms with van der Waals surface area (Å²) in [5.41, 5.74) is -1.10. The maximum Gasteiger partial charge on any atom is 0.261 e. The molecule has 9 heteroatoms. The van der Waals surface area contributed by atoms with E-state index in [4.69, 9.17) is 9.16 Å². The molecule has 0 aliphatic carbocycles. The van der Waals surface area contributed by atoms with Gasteiger partial charge < -0.3 is 9.16 Å². The average Bonchev–Trinajstić information content (AvgIpc) is 3.44. The first kappa shape index (κ1) is 32.5. The van der Waals surface area contributed by atoms with Gasteiger partial charge in [0.05, 0.1) is 5.54 Å². The van der Waals surface area contributed by atoms with E-state index < -0.39 is 19.3 Å². The molecule has 1 aliphatic heterocycles. The third-order valence-electron chi connectivity index (χ3n) is 8.67. The number of carbonyl (C=O) groups excluding carboxylic acids is 1. The van der Waals surface area contributed by atoms with Crippen molar-refractivity contribution in [2.45, 2.75) is 77.3 Å².